The van der Waals surface area contributed by atoms with Gasteiger partial charge in [0.15, 0.2) is 9.84 Å². The fourth-order valence-electron chi connectivity index (χ4n) is 1.90. The molecule has 0 aromatic carbocycles. The van der Waals surface area contributed by atoms with Crippen molar-refractivity contribution < 1.29 is 13.2 Å². The summed E-state index contributed by atoms with van der Waals surface area (Å²) < 4.78 is 24.1. The lowest BCUT2D eigenvalue weighted by atomic mass is 10.2. The summed E-state index contributed by atoms with van der Waals surface area (Å²) in [4.78, 5) is 13.8. The summed E-state index contributed by atoms with van der Waals surface area (Å²) in [6.07, 6.45) is 2.54. The van der Waals surface area contributed by atoms with E-state index < -0.39 is 21.3 Å². The molecule has 1 fully saturated rings. The Hall–Kier alpha value is 0.0800. The number of carbonyl (C=O) groups excluding carboxylic acids is 1. The van der Waals surface area contributed by atoms with Crippen LogP contribution in [0.1, 0.15) is 13.3 Å². The van der Waals surface area contributed by atoms with Gasteiger partial charge in [0, 0.05) is 23.8 Å². The molecule has 0 bridgehead atoms. The minimum absolute atomic E-state index is 0.0576. The van der Waals surface area contributed by atoms with Crippen LogP contribution in [0.25, 0.3) is 0 Å². The van der Waals surface area contributed by atoms with Gasteiger partial charge in [-0.2, -0.15) is 23.5 Å². The predicted molar refractivity (Wildman–Crippen MR) is 83.3 cm³/mol. The number of sulfone groups is 1. The van der Waals surface area contributed by atoms with Crippen molar-refractivity contribution in [2.45, 2.75) is 24.8 Å². The van der Waals surface area contributed by atoms with E-state index in [1.54, 1.807) is 30.4 Å². The van der Waals surface area contributed by atoms with Crippen LogP contribution in [0.4, 0.5) is 0 Å². The monoisotopic (exact) mass is 326 g/mol. The predicted octanol–water partition coefficient (Wildman–Crippen LogP) is 0.403. The van der Waals surface area contributed by atoms with Gasteiger partial charge in [0.25, 0.3) is 0 Å². The van der Waals surface area contributed by atoms with Gasteiger partial charge in [0.1, 0.15) is 5.37 Å². The highest BCUT2D eigenvalue weighted by Gasteiger charge is 2.37. The molecule has 0 aromatic rings. The van der Waals surface area contributed by atoms with Crippen LogP contribution in [0.5, 0.6) is 0 Å². The second-order valence-corrected chi connectivity index (χ2v) is 8.98. The summed E-state index contributed by atoms with van der Waals surface area (Å²) in [7, 11) is -3.25. The van der Waals surface area contributed by atoms with Crippen molar-refractivity contribution in [1.82, 2.24) is 4.90 Å². The fourth-order valence-corrected chi connectivity index (χ4v) is 5.37. The molecule has 1 rings (SSSR count). The average molecular weight is 327 g/mol. The third-order valence-electron chi connectivity index (χ3n) is 3.13. The number of nitrogens with zero attached hydrogens (tertiary/aromatic N) is 1. The summed E-state index contributed by atoms with van der Waals surface area (Å²) in [5.41, 5.74) is 5.87. The Balaban J connectivity index is 2.79. The van der Waals surface area contributed by atoms with Gasteiger partial charge in [0.2, 0.25) is 5.91 Å². The number of hydrogen-bond acceptors (Lipinski definition) is 6. The summed E-state index contributed by atoms with van der Waals surface area (Å²) in [5, 5.41) is -0.705. The van der Waals surface area contributed by atoms with Crippen molar-refractivity contribution in [3.05, 3.63) is 0 Å². The molecule has 1 aliphatic rings. The second-order valence-electron chi connectivity index (χ2n) is 4.40. The fraction of sp³-hybridized carbons (Fsp3) is 0.909. The van der Waals surface area contributed by atoms with E-state index in [1.165, 1.54) is 4.90 Å². The summed E-state index contributed by atoms with van der Waals surface area (Å²) in [6, 6.07) is -0.592. The quantitative estimate of drug-likeness (QED) is 0.761. The number of nitrogens with two attached hydrogens (primary N) is 1. The van der Waals surface area contributed by atoms with Gasteiger partial charge in [0.05, 0.1) is 6.04 Å². The molecule has 0 saturated carbocycles. The number of amides is 1. The smallest absolute Gasteiger partial charge is 0.240 e. The number of thioether (sulfide) groups is 2. The Morgan fingerprint density at radius 3 is 2.84 bits per heavy atom. The Bertz CT molecular complexity index is 400. The third-order valence-corrected chi connectivity index (χ3v) is 7.07. The van der Waals surface area contributed by atoms with Gasteiger partial charge < -0.3 is 10.6 Å². The van der Waals surface area contributed by atoms with Crippen LogP contribution >= 0.6 is 23.5 Å². The summed E-state index contributed by atoms with van der Waals surface area (Å²) in [5.74, 6) is 1.87. The highest BCUT2D eigenvalue weighted by Crippen LogP contribution is 2.22. The van der Waals surface area contributed by atoms with Gasteiger partial charge in [-0.25, -0.2) is 8.42 Å². The van der Waals surface area contributed by atoms with Crippen LogP contribution in [0.15, 0.2) is 0 Å². The molecule has 1 heterocycles. The van der Waals surface area contributed by atoms with Crippen LogP contribution < -0.4 is 5.73 Å². The molecule has 19 heavy (non-hydrogen) atoms. The van der Waals surface area contributed by atoms with Crippen LogP contribution in [-0.2, 0) is 14.6 Å². The van der Waals surface area contributed by atoms with Gasteiger partial charge >= 0.3 is 0 Å². The van der Waals surface area contributed by atoms with Crippen molar-refractivity contribution in [3.63, 3.8) is 0 Å². The van der Waals surface area contributed by atoms with E-state index in [0.717, 1.165) is 11.5 Å². The highest BCUT2D eigenvalue weighted by atomic mass is 32.2. The van der Waals surface area contributed by atoms with E-state index in [1.807, 2.05) is 6.26 Å². The molecule has 2 atom stereocenters. The molecule has 0 radical (unpaired) electrons. The third kappa shape index (κ3) is 4.54. The first-order valence-corrected chi connectivity index (χ1v) is 10.5. The van der Waals surface area contributed by atoms with E-state index in [2.05, 4.69) is 0 Å². The zero-order chi connectivity index (χ0) is 14.5. The molecule has 1 aliphatic heterocycles. The van der Waals surface area contributed by atoms with E-state index in [-0.39, 0.29) is 11.7 Å². The molecule has 0 spiro atoms. The Morgan fingerprint density at radius 1 is 1.58 bits per heavy atom. The molecular weight excluding hydrogens is 304 g/mol. The van der Waals surface area contributed by atoms with Crippen LogP contribution in [0.3, 0.4) is 0 Å². The number of rotatable bonds is 6. The van der Waals surface area contributed by atoms with Crippen molar-refractivity contribution >= 4 is 39.3 Å². The molecule has 1 saturated heterocycles. The topological polar surface area (TPSA) is 80.5 Å². The van der Waals surface area contributed by atoms with Crippen molar-refractivity contribution in [2.24, 2.45) is 5.73 Å². The van der Waals surface area contributed by atoms with Crippen molar-refractivity contribution in [2.75, 3.05) is 35.8 Å². The lowest BCUT2D eigenvalue weighted by Crippen LogP contribution is -2.55. The standard InChI is InChI=1S/C11H22N2O3S3/c1-3-19(15,16)10-8-18-7-5-13(10)11(14)9(12)4-6-17-2/h9-10H,3-8,12H2,1-2H3/t9-,10?/m0/s1. The minimum Gasteiger partial charge on any atom is -0.323 e. The Morgan fingerprint density at radius 2 is 2.26 bits per heavy atom. The molecule has 2 N–H and O–H groups in total. The lowest BCUT2D eigenvalue weighted by Gasteiger charge is -2.36. The van der Waals surface area contributed by atoms with Gasteiger partial charge in [-0.15, -0.1) is 0 Å². The largest absolute Gasteiger partial charge is 0.323 e. The van der Waals surface area contributed by atoms with E-state index in [0.29, 0.717) is 18.7 Å². The Labute approximate surface area is 124 Å². The van der Waals surface area contributed by atoms with Crippen molar-refractivity contribution in [1.29, 1.82) is 0 Å². The van der Waals surface area contributed by atoms with Gasteiger partial charge in [-0.3, -0.25) is 4.79 Å². The first-order valence-electron chi connectivity index (χ1n) is 6.28. The normalized spacial score (nSPS) is 22.3. The van der Waals surface area contributed by atoms with E-state index in [9.17, 15) is 13.2 Å². The summed E-state index contributed by atoms with van der Waals surface area (Å²) in [6.45, 7) is 2.09. The van der Waals surface area contributed by atoms with Gasteiger partial charge in [-0.05, 0) is 18.4 Å². The Kier molecular flexibility index (Phi) is 6.99. The number of hydrogen-bond donors (Lipinski definition) is 1. The minimum atomic E-state index is -3.25. The molecule has 0 aliphatic carbocycles. The SMILES string of the molecule is CCS(=O)(=O)C1CSCCN1C(=O)[C@@H](N)CCSC. The maximum Gasteiger partial charge on any atom is 0.240 e. The maximum absolute atomic E-state index is 12.3. The molecule has 1 amide bonds. The van der Waals surface area contributed by atoms with E-state index >= 15 is 0 Å². The zero-order valence-corrected chi connectivity index (χ0v) is 13.8. The van der Waals surface area contributed by atoms with Crippen LogP contribution in [-0.4, -0.2) is 66.5 Å². The van der Waals surface area contributed by atoms with Gasteiger partial charge in [-0.1, -0.05) is 6.92 Å². The first kappa shape index (κ1) is 17.1. The van der Waals surface area contributed by atoms with Crippen LogP contribution in [0, 0.1) is 0 Å². The zero-order valence-electron chi connectivity index (χ0n) is 11.4. The molecule has 8 heteroatoms. The summed E-state index contributed by atoms with van der Waals surface area (Å²) >= 11 is 3.21. The molecule has 112 valence electrons. The molecular formula is C11H22N2O3S3. The van der Waals surface area contributed by atoms with Crippen molar-refractivity contribution in [3.8, 4) is 0 Å². The molecule has 1 unspecified atom stereocenters. The lowest BCUT2D eigenvalue weighted by molar-refractivity contribution is -0.133. The highest BCUT2D eigenvalue weighted by molar-refractivity contribution is 8.01. The maximum atomic E-state index is 12.3. The molecule has 0 aromatic heterocycles. The van der Waals surface area contributed by atoms with Crippen LogP contribution in [0.2, 0.25) is 0 Å². The second kappa shape index (κ2) is 7.75. The average Bonchev–Trinajstić information content (AvgIpc) is 2.43. The molecule has 5 nitrogen and oxygen atoms in total. The number of carbonyl (C=O) groups is 1. The van der Waals surface area contributed by atoms with E-state index in [4.69, 9.17) is 5.73 Å². The first-order chi connectivity index (χ1) is 8.94.